The predicted molar refractivity (Wildman–Crippen MR) is 368 cm³/mol. The second-order valence-electron chi connectivity index (χ2n) is 22.2. The number of rotatable bonds is 43. The van der Waals surface area contributed by atoms with Gasteiger partial charge < -0.3 is 160 Å². The van der Waals surface area contributed by atoms with Crippen molar-refractivity contribution in [2.24, 2.45) is 75.0 Å². The van der Waals surface area contributed by atoms with Crippen LogP contribution < -0.4 is 28.2 Å². The number of aromatic hydroxyl groups is 1. The first kappa shape index (κ1) is 115. The average Bonchev–Trinajstić information content (AvgIpc) is 1.11. The largest absolute Gasteiger partial charge is 0.508 e. The number of methoxy groups -OCH3 is 8. The third kappa shape index (κ3) is 46.6. The molecule has 2 amide bonds. The van der Waals surface area contributed by atoms with Crippen LogP contribution >= 0.6 is 0 Å². The van der Waals surface area contributed by atoms with Crippen molar-refractivity contribution in [2.45, 2.75) is 162 Å². The summed E-state index contributed by atoms with van der Waals surface area (Å²) in [5, 5.41) is 203. The van der Waals surface area contributed by atoms with Crippen LogP contribution in [0.25, 0.3) is 0 Å². The molecule has 2 aromatic rings. The van der Waals surface area contributed by atoms with Crippen molar-refractivity contribution in [3.05, 3.63) is 54.0 Å². The van der Waals surface area contributed by atoms with Gasteiger partial charge in [-0.15, -0.1) is 0 Å². The summed E-state index contributed by atoms with van der Waals surface area (Å²) < 4.78 is 81.6. The van der Waals surface area contributed by atoms with Gasteiger partial charge in [-0.1, -0.05) is 40.6 Å². The molecule has 5 heterocycles. The van der Waals surface area contributed by atoms with Gasteiger partial charge in [-0.05, 0) is 164 Å². The number of likely N-dealkylation sites (N-methyl/N-ethyl adjacent to an activating group) is 1. The molecule has 65 nitrogen and oxygen atoms in total. The van der Waals surface area contributed by atoms with Gasteiger partial charge >= 0.3 is 11.9 Å². The van der Waals surface area contributed by atoms with E-state index in [1.165, 1.54) is 75.3 Å². The molecule has 4 fully saturated rings. The number of phenols is 1. The molecule has 1 aromatic carbocycles. The van der Waals surface area contributed by atoms with E-state index in [0.717, 1.165) is 32.2 Å². The zero-order valence-corrected chi connectivity index (χ0v) is 65.9. The lowest BCUT2D eigenvalue weighted by atomic mass is 9.97. The van der Waals surface area contributed by atoms with E-state index in [9.17, 15) is 65.1 Å². The van der Waals surface area contributed by atoms with Crippen molar-refractivity contribution in [2.75, 3.05) is 110 Å². The van der Waals surface area contributed by atoms with E-state index in [0.29, 0.717) is 17.9 Å². The molecule has 20 atom stereocenters. The maximum absolute atomic E-state index is 12.6. The van der Waals surface area contributed by atoms with Gasteiger partial charge in [0.15, 0.2) is 49.6 Å². The summed E-state index contributed by atoms with van der Waals surface area (Å²) in [5.41, 5.74) is 6.67. The Hall–Kier alpha value is -8.42. The Bertz CT molecular complexity index is 3020. The highest BCUT2D eigenvalue weighted by Gasteiger charge is 2.52. The molecule has 0 bridgehead atoms. The predicted octanol–water partition coefficient (Wildman–Crippen LogP) is -4.78. The number of nitrogens with one attached hydrogen (secondary N) is 3. The van der Waals surface area contributed by atoms with Gasteiger partial charge in [-0.3, -0.25) is 9.59 Å². The normalized spacial score (nSPS) is 26.1. The number of hydrogen-bond donors (Lipinski definition) is 20. The Labute approximate surface area is 682 Å². The van der Waals surface area contributed by atoms with Gasteiger partial charge in [0.1, 0.15) is 98.0 Å². The third-order valence-electron chi connectivity index (χ3n) is 15.0. The first-order chi connectivity index (χ1) is 58.2. The maximum atomic E-state index is 12.6. The molecule has 121 heavy (non-hydrogen) atoms. The summed E-state index contributed by atoms with van der Waals surface area (Å²) in [4.78, 5) is 50.5. The van der Waals surface area contributed by atoms with Crippen LogP contribution in [0.4, 0.5) is 0 Å². The number of furan rings is 1. The molecule has 0 radical (unpaired) electrons. The fourth-order valence-electron chi connectivity index (χ4n) is 9.51. The van der Waals surface area contributed by atoms with Crippen LogP contribution in [0.2, 0.25) is 0 Å². The van der Waals surface area contributed by atoms with Crippen LogP contribution in [0.15, 0.2) is 105 Å². The van der Waals surface area contributed by atoms with Crippen molar-refractivity contribution >= 4 is 23.8 Å². The molecule has 4 aliphatic heterocycles. The van der Waals surface area contributed by atoms with Crippen molar-refractivity contribution in [1.82, 2.24) is 15.5 Å². The van der Waals surface area contributed by atoms with E-state index in [1.807, 2.05) is 7.05 Å². The van der Waals surface area contributed by atoms with Gasteiger partial charge in [0.25, 0.3) is 11.8 Å². The molecule has 0 aliphatic carbocycles. The van der Waals surface area contributed by atoms with E-state index in [1.54, 1.807) is 36.2 Å². The molecular weight excluding hydrogens is 1680 g/mol. The highest BCUT2D eigenvalue weighted by atomic mass is 17.9. The fourth-order valence-corrected chi connectivity index (χ4v) is 9.51. The molecule has 65 heteroatoms. The van der Waals surface area contributed by atoms with Crippen molar-refractivity contribution in [3.8, 4) is 5.75 Å². The highest BCUT2D eigenvalue weighted by molar-refractivity contribution is 5.82. The first-order valence-electron chi connectivity index (χ1n) is 33.7. The van der Waals surface area contributed by atoms with Crippen LogP contribution in [0.1, 0.15) is 37.0 Å². The topological polar surface area (TPSA) is 888 Å². The van der Waals surface area contributed by atoms with E-state index >= 15 is 0 Å². The number of carbonyl (C=O) groups excluding carboxylic acids is 4. The van der Waals surface area contributed by atoms with Crippen LogP contribution in [-0.2, 0) is 169 Å². The van der Waals surface area contributed by atoms with Gasteiger partial charge in [0, 0.05) is 77.0 Å². The number of ether oxygens (including phenoxy) is 15. The first-order valence-corrected chi connectivity index (χ1v) is 33.7. The number of nitrogens with zero attached hydrogens (tertiary/aromatic N) is 12. The quantitative estimate of drug-likeness (QED) is 0.00740. The number of carbonyl (C=O) groups is 4. The summed E-state index contributed by atoms with van der Waals surface area (Å²) in [5.74, 6) is 11.8. The molecule has 4 saturated heterocycles. The Morgan fingerprint density at radius 2 is 0.851 bits per heavy atom. The Kier molecular flexibility index (Phi) is 69.3. The minimum absolute atomic E-state index is 0.0360. The summed E-state index contributed by atoms with van der Waals surface area (Å²) >= 11 is 0. The molecule has 0 saturated carbocycles. The second-order valence-corrected chi connectivity index (χ2v) is 22.2. The Morgan fingerprint density at radius 3 is 1.23 bits per heavy atom. The minimum Gasteiger partial charge on any atom is -0.508 e. The molecule has 1 aromatic heterocycles. The third-order valence-corrected chi connectivity index (χ3v) is 15.0. The van der Waals surface area contributed by atoms with Gasteiger partial charge in [-0.25, -0.2) is 30.6 Å². The summed E-state index contributed by atoms with van der Waals surface area (Å²) in [6, 6.07) is 9.47. The number of hydrogen-bond acceptors (Lipinski definition) is 52. The Balaban J connectivity index is 0. The Morgan fingerprint density at radius 1 is 0.471 bits per heavy atom. The van der Waals surface area contributed by atoms with Crippen LogP contribution in [0, 0.1) is 5.53 Å². The monoisotopic (exact) mass is 1780 g/mol. The summed E-state index contributed by atoms with van der Waals surface area (Å²) in [6.45, 7) is 2.03. The van der Waals surface area contributed by atoms with E-state index in [-0.39, 0.29) is 51.2 Å². The molecule has 4 aliphatic rings. The lowest BCUT2D eigenvalue weighted by Gasteiger charge is -2.41. The van der Waals surface area contributed by atoms with Crippen LogP contribution in [0.3, 0.4) is 0 Å². The summed E-state index contributed by atoms with van der Waals surface area (Å²) in [6.07, 6.45) is -18.0. The van der Waals surface area contributed by atoms with Crippen LogP contribution in [0.5, 0.6) is 5.75 Å². The summed E-state index contributed by atoms with van der Waals surface area (Å²) in [7, 11) is 14.1. The van der Waals surface area contributed by atoms with E-state index in [2.05, 4.69) is 151 Å². The number of unbranched alkanes of at least 4 members (excludes halogenated alkanes) is 3. The van der Waals surface area contributed by atoms with Crippen molar-refractivity contribution in [1.29, 1.82) is 5.53 Å². The smallest absolute Gasteiger partial charge is 0.338 e. The highest BCUT2D eigenvalue weighted by Crippen LogP contribution is 2.29. The van der Waals surface area contributed by atoms with Gasteiger partial charge in [-0.2, -0.15) is 5.53 Å². The number of benzene rings is 1. The van der Waals surface area contributed by atoms with E-state index < -0.39 is 141 Å². The van der Waals surface area contributed by atoms with Crippen LogP contribution in [-0.4, -0.2) is 334 Å². The van der Waals surface area contributed by atoms with E-state index in [4.69, 9.17) is 107 Å². The molecule has 4 unspecified atom stereocenters. The zero-order chi connectivity index (χ0) is 91.3. The number of amides is 2. The fraction of sp³-hybridized carbons (Fsp3) is 0.750. The molecule has 6 rings (SSSR count). The van der Waals surface area contributed by atoms with Crippen molar-refractivity contribution < 1.29 is 232 Å². The van der Waals surface area contributed by atoms with Crippen molar-refractivity contribution in [3.63, 3.8) is 0 Å². The average molecular weight is 1780 g/mol. The van der Waals surface area contributed by atoms with Gasteiger partial charge in [0.2, 0.25) is 0 Å². The molecular formula is C56H104N18O47. The zero-order valence-electron chi connectivity index (χ0n) is 65.9. The lowest BCUT2D eigenvalue weighted by molar-refractivity contribution is -0.853. The second kappa shape index (κ2) is 73.1. The lowest BCUT2D eigenvalue weighted by Crippen LogP contribution is -2.62. The number of nitrogens with two attached hydrogens (primary N) is 3. The molecule has 23 N–H and O–H groups in total. The number of aliphatic hydroxyl groups excluding tert-OH is 9. The number of phenolic OH excluding ortho intramolecular Hbond substituents is 1. The van der Waals surface area contributed by atoms with Gasteiger partial charge in [0.05, 0.1) is 26.1 Å². The number of aliphatic hydroxyl groups is 9. The standard InChI is InChI=1S/C16H32N2O6.C15H20O8.C13H18O8.C12H23NO8.H4N8.H3N7.H2O11.H2O6/c1-17-9-7-5-6-8-10-18(2)15(21)14-13(22-3)11(19)12(20)16(23-4)24-14;1-20-12-10(17)11(18)15(21-2)23-13(12)14(19)22-7-8-3-5-9(16)6-4-8;1-17-10-8(14)9(15)13(18-2)21-11(10)12(16)20-6-7-4-3-5-19-7;1-18-9-7(15)8(16)12(19-2)21-10(9)11(17)13-3-5-20-6-4-14;1-3-5-7-8-6-4-2;1-3-5-7-6-4-2;1-3-5-7-9-11-10-8-6-4-2;1-3-5-6-4-2/h11-14,16-17,19-20H,5-10H2,1-4H3;3-6,10-13,15-18H,7H2,1-2H3;3-5,8-11,13-15H,6H2,1-2H3;7-10,12,14-16H,3-6H2,1-2H3,(H,13,17);(H2,1,4,5,8)(H2,2,3,6,7);(H3,1,2,5,6);1-2H;1-2H/t11-,12+,13+,14?,16-;10-,11+,12+,13?,15-;8-,9+,10+,11?,13-;7-,8+,9+,10?,12-;;;;/m1111..../s1. The number of esters is 2. The molecule has 700 valence electrons. The maximum Gasteiger partial charge on any atom is 0.338 e. The molecule has 0 spiro atoms. The SMILES string of the molecule is CNCCCCCCN(C)C(=O)C1O[C@@H](OC)[C@@H](O)[C@@H](O)[C@@H]1OC.CO[C@@H]1OC(C(=O)NCCOCCO)[C@@H](OC)[C@H](O)[C@@H]1O.CO[C@@H]1OC(C(=O)OCc2ccc(O)cc2)[C@@H](OC)[C@H](O)[C@@H]1O.CO[C@@H]1OC(C(=O)OCc2ccco2)[C@@H](OC)[C@H](O)[C@@H]1O.N/N=N/N=N/N=N/N.N=N/N=N/N=N/N.OOOOOO.OOOOOOOOOOO. The minimum atomic E-state index is -1.36.